The van der Waals surface area contributed by atoms with Gasteiger partial charge in [0.2, 0.25) is 0 Å². The number of rotatable bonds is 14. The summed E-state index contributed by atoms with van der Waals surface area (Å²) in [4.78, 5) is 25.2. The Bertz CT molecular complexity index is 622. The van der Waals surface area contributed by atoms with E-state index in [1.54, 1.807) is 27.7 Å². The molecule has 192 valence electrons. The molecular formula is C25H45NO7. The van der Waals surface area contributed by atoms with Crippen LogP contribution in [0.4, 0.5) is 0 Å². The van der Waals surface area contributed by atoms with Gasteiger partial charge in [0.15, 0.2) is 23.8 Å². The number of ether oxygens (including phenoxy) is 5. The van der Waals surface area contributed by atoms with Gasteiger partial charge in [-0.25, -0.2) is 4.79 Å². The third-order valence-corrected chi connectivity index (χ3v) is 6.10. The molecule has 2 fully saturated rings. The molecule has 0 spiro atoms. The Morgan fingerprint density at radius 2 is 1.18 bits per heavy atom. The molecule has 0 aromatic heterocycles. The third kappa shape index (κ3) is 8.81. The number of methoxy groups -OCH3 is 1. The van der Waals surface area contributed by atoms with Crippen molar-refractivity contribution in [2.45, 2.75) is 135 Å². The van der Waals surface area contributed by atoms with Gasteiger partial charge in [-0.1, -0.05) is 64.7 Å². The number of unbranched alkanes of at least 4 members (excludes halogenated alkanes) is 9. The first-order valence-corrected chi connectivity index (χ1v) is 12.7. The highest BCUT2D eigenvalue weighted by Gasteiger charge is 2.57. The van der Waals surface area contributed by atoms with Gasteiger partial charge < -0.3 is 29.0 Å². The summed E-state index contributed by atoms with van der Waals surface area (Å²) in [6.45, 7) is 9.72. The Hall–Kier alpha value is -1.22. The molecule has 4 atom stereocenters. The summed E-state index contributed by atoms with van der Waals surface area (Å²) < 4.78 is 28.4. The van der Waals surface area contributed by atoms with Crippen molar-refractivity contribution in [3.63, 3.8) is 0 Å². The van der Waals surface area contributed by atoms with Gasteiger partial charge in [0.25, 0.3) is 5.91 Å². The minimum atomic E-state index is -1.00. The molecule has 1 N–H and O–H groups in total. The van der Waals surface area contributed by atoms with Gasteiger partial charge in [0, 0.05) is 6.54 Å². The molecule has 2 aliphatic rings. The zero-order valence-electron chi connectivity index (χ0n) is 21.4. The smallest absolute Gasteiger partial charge is 0.337 e. The lowest BCUT2D eigenvalue weighted by Gasteiger charge is -2.25. The second-order valence-corrected chi connectivity index (χ2v) is 10.0. The SMILES string of the molecule is CCCCCCCCCCCCNC(=O)[C@@H]1OC(C)(C)O[C@H]1[C@H]1OC(C)(C)O[C@@H]1C(=O)OC. The van der Waals surface area contributed by atoms with Crippen LogP contribution < -0.4 is 5.32 Å². The van der Waals surface area contributed by atoms with Crippen LogP contribution in [0.15, 0.2) is 0 Å². The fourth-order valence-corrected chi connectivity index (χ4v) is 4.48. The van der Waals surface area contributed by atoms with Crippen LogP contribution in [0.2, 0.25) is 0 Å². The van der Waals surface area contributed by atoms with Gasteiger partial charge >= 0.3 is 5.97 Å². The fourth-order valence-electron chi connectivity index (χ4n) is 4.48. The average molecular weight is 472 g/mol. The second-order valence-electron chi connectivity index (χ2n) is 10.0. The van der Waals surface area contributed by atoms with Crippen molar-refractivity contribution < 1.29 is 33.3 Å². The number of amides is 1. The maximum Gasteiger partial charge on any atom is 0.337 e. The molecule has 1 amide bonds. The molecule has 0 aromatic carbocycles. The van der Waals surface area contributed by atoms with Crippen LogP contribution in [0.3, 0.4) is 0 Å². The van der Waals surface area contributed by atoms with Crippen molar-refractivity contribution in [3.8, 4) is 0 Å². The third-order valence-electron chi connectivity index (χ3n) is 6.10. The number of esters is 1. The number of hydrogen-bond donors (Lipinski definition) is 1. The fraction of sp³-hybridized carbons (Fsp3) is 0.920. The van der Waals surface area contributed by atoms with E-state index in [2.05, 4.69) is 12.2 Å². The van der Waals surface area contributed by atoms with Crippen LogP contribution in [0.25, 0.3) is 0 Å². The van der Waals surface area contributed by atoms with Crippen LogP contribution >= 0.6 is 0 Å². The Morgan fingerprint density at radius 1 is 0.727 bits per heavy atom. The minimum absolute atomic E-state index is 0.265. The Labute approximate surface area is 199 Å². The van der Waals surface area contributed by atoms with Crippen LogP contribution in [0, 0.1) is 0 Å². The van der Waals surface area contributed by atoms with Crippen molar-refractivity contribution in [2.24, 2.45) is 0 Å². The van der Waals surface area contributed by atoms with Crippen molar-refractivity contribution in [3.05, 3.63) is 0 Å². The van der Waals surface area contributed by atoms with Crippen LogP contribution in [0.5, 0.6) is 0 Å². The highest BCUT2D eigenvalue weighted by atomic mass is 16.8. The first-order chi connectivity index (χ1) is 15.6. The van der Waals surface area contributed by atoms with Gasteiger partial charge in [-0.05, 0) is 34.1 Å². The number of nitrogens with one attached hydrogen (secondary N) is 1. The van der Waals surface area contributed by atoms with Gasteiger partial charge in [-0.3, -0.25) is 4.79 Å². The molecule has 2 heterocycles. The molecule has 0 unspecified atom stereocenters. The van der Waals surface area contributed by atoms with E-state index in [4.69, 9.17) is 23.7 Å². The number of carbonyl (C=O) groups excluding carboxylic acids is 2. The summed E-state index contributed by atoms with van der Waals surface area (Å²) >= 11 is 0. The highest BCUT2D eigenvalue weighted by Crippen LogP contribution is 2.38. The molecule has 2 saturated heterocycles. The van der Waals surface area contributed by atoms with Crippen molar-refractivity contribution >= 4 is 11.9 Å². The summed E-state index contributed by atoms with van der Waals surface area (Å²) in [5.41, 5.74) is 0. The van der Waals surface area contributed by atoms with Crippen LogP contribution in [-0.2, 0) is 33.3 Å². The second kappa shape index (κ2) is 13.0. The molecule has 8 heteroatoms. The van der Waals surface area contributed by atoms with E-state index in [1.165, 1.54) is 58.5 Å². The van der Waals surface area contributed by atoms with Crippen molar-refractivity contribution in [2.75, 3.05) is 13.7 Å². The largest absolute Gasteiger partial charge is 0.467 e. The lowest BCUT2D eigenvalue weighted by Crippen LogP contribution is -2.50. The molecule has 0 bridgehead atoms. The zero-order valence-corrected chi connectivity index (χ0v) is 21.4. The van der Waals surface area contributed by atoms with Gasteiger partial charge in [0.05, 0.1) is 7.11 Å². The Morgan fingerprint density at radius 3 is 1.70 bits per heavy atom. The number of carbonyl (C=O) groups is 2. The zero-order chi connectivity index (χ0) is 24.5. The van der Waals surface area contributed by atoms with E-state index in [-0.39, 0.29) is 5.91 Å². The first kappa shape index (κ1) is 28.0. The molecule has 0 aliphatic carbocycles. The van der Waals surface area contributed by atoms with E-state index in [1.807, 2.05) is 0 Å². The molecule has 33 heavy (non-hydrogen) atoms. The molecule has 0 aromatic rings. The molecule has 0 saturated carbocycles. The van der Waals surface area contributed by atoms with E-state index in [9.17, 15) is 9.59 Å². The first-order valence-electron chi connectivity index (χ1n) is 12.7. The van der Waals surface area contributed by atoms with Gasteiger partial charge in [-0.2, -0.15) is 0 Å². The number of hydrogen-bond acceptors (Lipinski definition) is 7. The van der Waals surface area contributed by atoms with E-state index in [0.29, 0.717) is 6.54 Å². The predicted octanol–water partition coefficient (Wildman–Crippen LogP) is 4.24. The summed E-state index contributed by atoms with van der Waals surface area (Å²) in [6.07, 6.45) is 8.87. The van der Waals surface area contributed by atoms with Crippen molar-refractivity contribution in [1.29, 1.82) is 0 Å². The predicted molar refractivity (Wildman–Crippen MR) is 125 cm³/mol. The van der Waals surface area contributed by atoms with Gasteiger partial charge in [-0.15, -0.1) is 0 Å². The van der Waals surface area contributed by atoms with Crippen molar-refractivity contribution in [1.82, 2.24) is 5.32 Å². The summed E-state index contributed by atoms with van der Waals surface area (Å²) in [7, 11) is 1.29. The average Bonchev–Trinajstić information content (AvgIpc) is 3.26. The summed E-state index contributed by atoms with van der Waals surface area (Å²) in [5.74, 6) is -2.82. The Kier molecular flexibility index (Phi) is 11.1. The topological polar surface area (TPSA) is 92.3 Å². The van der Waals surface area contributed by atoms with E-state index >= 15 is 0 Å². The molecule has 0 radical (unpaired) electrons. The summed E-state index contributed by atoms with van der Waals surface area (Å²) in [5, 5.41) is 2.96. The highest BCUT2D eigenvalue weighted by molar-refractivity contribution is 5.82. The van der Waals surface area contributed by atoms with E-state index in [0.717, 1.165) is 12.8 Å². The van der Waals surface area contributed by atoms with Gasteiger partial charge in [0.1, 0.15) is 12.2 Å². The molecule has 8 nitrogen and oxygen atoms in total. The van der Waals surface area contributed by atoms with E-state index < -0.39 is 42.0 Å². The standard InChI is InChI=1S/C25H45NO7/c1-7-8-9-10-11-12-13-14-15-16-17-26-22(27)20-18(30-24(2,3)32-20)19-21(23(28)29-6)33-25(4,5)31-19/h18-21H,7-17H2,1-6H3,(H,26,27)/t18-,19+,20+,21-/m0/s1. The summed E-state index contributed by atoms with van der Waals surface area (Å²) in [6, 6.07) is 0. The quantitative estimate of drug-likeness (QED) is 0.299. The maximum absolute atomic E-state index is 12.9. The molecule has 2 rings (SSSR count). The minimum Gasteiger partial charge on any atom is -0.467 e. The lowest BCUT2D eigenvalue weighted by atomic mass is 10.0. The normalized spacial score (nSPS) is 28.1. The lowest BCUT2D eigenvalue weighted by molar-refractivity contribution is -0.176. The monoisotopic (exact) mass is 471 g/mol. The molecule has 2 aliphatic heterocycles. The van der Waals surface area contributed by atoms with Crippen LogP contribution in [-0.4, -0.2) is 61.5 Å². The molecular weight excluding hydrogens is 426 g/mol. The van der Waals surface area contributed by atoms with Crippen LogP contribution in [0.1, 0.15) is 98.8 Å². The Balaban J connectivity index is 1.79. The maximum atomic E-state index is 12.9.